The van der Waals surface area contributed by atoms with Gasteiger partial charge in [-0.2, -0.15) is 0 Å². The first kappa shape index (κ1) is 11.4. The van der Waals surface area contributed by atoms with Gasteiger partial charge in [-0.3, -0.25) is 0 Å². The van der Waals surface area contributed by atoms with E-state index in [-0.39, 0.29) is 0 Å². The number of hydrogen-bond acceptors (Lipinski definition) is 2. The molecule has 0 spiro atoms. The molecule has 0 aliphatic rings. The topological polar surface area (TPSA) is 25.2 Å². The SMILES string of the molecule is Brc1ccccc1CNCCc1ccco1. The van der Waals surface area contributed by atoms with Crippen LogP contribution in [0.4, 0.5) is 0 Å². The van der Waals surface area contributed by atoms with Crippen molar-refractivity contribution < 1.29 is 4.42 Å². The fraction of sp³-hybridized carbons (Fsp3) is 0.231. The van der Waals surface area contributed by atoms with Gasteiger partial charge in [0.1, 0.15) is 5.76 Å². The predicted octanol–water partition coefficient (Wildman–Crippen LogP) is 3.37. The molecule has 2 rings (SSSR count). The lowest BCUT2D eigenvalue weighted by Gasteiger charge is -2.05. The highest BCUT2D eigenvalue weighted by atomic mass is 79.9. The van der Waals surface area contributed by atoms with Crippen LogP contribution in [0.3, 0.4) is 0 Å². The molecule has 16 heavy (non-hydrogen) atoms. The van der Waals surface area contributed by atoms with Gasteiger partial charge in [-0.1, -0.05) is 34.1 Å². The van der Waals surface area contributed by atoms with E-state index in [1.165, 1.54) is 5.56 Å². The Morgan fingerprint density at radius 3 is 2.75 bits per heavy atom. The summed E-state index contributed by atoms with van der Waals surface area (Å²) in [4.78, 5) is 0. The third kappa shape index (κ3) is 3.22. The van der Waals surface area contributed by atoms with Gasteiger partial charge in [-0.05, 0) is 23.8 Å². The van der Waals surface area contributed by atoms with Crippen molar-refractivity contribution in [2.24, 2.45) is 0 Å². The van der Waals surface area contributed by atoms with E-state index < -0.39 is 0 Å². The van der Waals surface area contributed by atoms with E-state index in [1.807, 2.05) is 24.3 Å². The van der Waals surface area contributed by atoms with Crippen molar-refractivity contribution in [3.63, 3.8) is 0 Å². The normalized spacial score (nSPS) is 10.6. The molecule has 1 N–H and O–H groups in total. The molecule has 84 valence electrons. The molecular formula is C13H14BrNO. The molecule has 0 radical (unpaired) electrons. The van der Waals surface area contributed by atoms with E-state index in [4.69, 9.17) is 4.42 Å². The minimum atomic E-state index is 0.877. The van der Waals surface area contributed by atoms with Crippen LogP contribution in [0.25, 0.3) is 0 Å². The highest BCUT2D eigenvalue weighted by Crippen LogP contribution is 2.15. The Bertz CT molecular complexity index is 425. The number of furan rings is 1. The first-order valence-electron chi connectivity index (χ1n) is 5.33. The molecule has 0 bridgehead atoms. The van der Waals surface area contributed by atoms with Crippen molar-refractivity contribution >= 4 is 15.9 Å². The molecule has 1 aromatic carbocycles. The predicted molar refractivity (Wildman–Crippen MR) is 68.3 cm³/mol. The first-order chi connectivity index (χ1) is 7.86. The Kier molecular flexibility index (Phi) is 4.19. The summed E-state index contributed by atoms with van der Waals surface area (Å²) in [6.07, 6.45) is 2.64. The standard InChI is InChI=1S/C13H14BrNO/c14-13-6-2-1-4-11(13)10-15-8-7-12-5-3-9-16-12/h1-6,9,15H,7-8,10H2. The average molecular weight is 280 g/mol. The smallest absolute Gasteiger partial charge is 0.105 e. The van der Waals surface area contributed by atoms with Crippen LogP contribution in [0.5, 0.6) is 0 Å². The van der Waals surface area contributed by atoms with Crippen LogP contribution < -0.4 is 5.32 Å². The lowest BCUT2D eigenvalue weighted by molar-refractivity contribution is 0.498. The Hall–Kier alpha value is -1.06. The molecular weight excluding hydrogens is 266 g/mol. The third-order valence-corrected chi connectivity index (χ3v) is 3.18. The Balaban J connectivity index is 1.74. The quantitative estimate of drug-likeness (QED) is 0.849. The van der Waals surface area contributed by atoms with Crippen molar-refractivity contribution in [1.29, 1.82) is 0 Å². The number of halogens is 1. The summed E-state index contributed by atoms with van der Waals surface area (Å²) >= 11 is 3.53. The summed E-state index contributed by atoms with van der Waals surface area (Å²) in [7, 11) is 0. The van der Waals surface area contributed by atoms with E-state index in [2.05, 4.69) is 33.4 Å². The minimum absolute atomic E-state index is 0.877. The molecule has 0 fully saturated rings. The molecule has 0 aliphatic carbocycles. The summed E-state index contributed by atoms with van der Waals surface area (Å²) in [5.74, 6) is 1.03. The average Bonchev–Trinajstić information content (AvgIpc) is 2.79. The molecule has 1 aromatic heterocycles. The summed E-state index contributed by atoms with van der Waals surface area (Å²) < 4.78 is 6.41. The van der Waals surface area contributed by atoms with E-state index in [1.54, 1.807) is 6.26 Å². The van der Waals surface area contributed by atoms with Crippen LogP contribution in [0.15, 0.2) is 51.6 Å². The van der Waals surface area contributed by atoms with Gasteiger partial charge in [0.15, 0.2) is 0 Å². The number of hydrogen-bond donors (Lipinski definition) is 1. The Labute approximate surface area is 104 Å². The molecule has 0 unspecified atom stereocenters. The van der Waals surface area contributed by atoms with Crippen LogP contribution in [0.1, 0.15) is 11.3 Å². The summed E-state index contributed by atoms with van der Waals surface area (Å²) in [6, 6.07) is 12.2. The van der Waals surface area contributed by atoms with Gasteiger partial charge < -0.3 is 9.73 Å². The monoisotopic (exact) mass is 279 g/mol. The van der Waals surface area contributed by atoms with Gasteiger partial charge in [0.25, 0.3) is 0 Å². The Morgan fingerprint density at radius 1 is 1.12 bits per heavy atom. The second kappa shape index (κ2) is 5.87. The van der Waals surface area contributed by atoms with Gasteiger partial charge in [0.05, 0.1) is 6.26 Å². The molecule has 1 heterocycles. The van der Waals surface area contributed by atoms with E-state index >= 15 is 0 Å². The molecule has 2 nitrogen and oxygen atoms in total. The van der Waals surface area contributed by atoms with Crippen molar-refractivity contribution in [2.45, 2.75) is 13.0 Å². The largest absolute Gasteiger partial charge is 0.469 e. The van der Waals surface area contributed by atoms with Crippen LogP contribution in [0.2, 0.25) is 0 Å². The van der Waals surface area contributed by atoms with Crippen LogP contribution >= 0.6 is 15.9 Å². The number of rotatable bonds is 5. The van der Waals surface area contributed by atoms with Crippen molar-refractivity contribution in [3.05, 3.63) is 58.5 Å². The fourth-order valence-electron chi connectivity index (χ4n) is 1.53. The zero-order chi connectivity index (χ0) is 11.2. The first-order valence-corrected chi connectivity index (χ1v) is 6.12. The van der Waals surface area contributed by atoms with Gasteiger partial charge in [0.2, 0.25) is 0 Å². The van der Waals surface area contributed by atoms with Crippen molar-refractivity contribution in [1.82, 2.24) is 5.32 Å². The van der Waals surface area contributed by atoms with E-state index in [9.17, 15) is 0 Å². The van der Waals surface area contributed by atoms with Gasteiger partial charge >= 0.3 is 0 Å². The zero-order valence-electron chi connectivity index (χ0n) is 8.95. The molecule has 0 amide bonds. The van der Waals surface area contributed by atoms with Gasteiger partial charge in [-0.25, -0.2) is 0 Å². The summed E-state index contributed by atoms with van der Waals surface area (Å²) in [5, 5.41) is 3.39. The maximum absolute atomic E-state index is 5.26. The molecule has 0 saturated carbocycles. The summed E-state index contributed by atoms with van der Waals surface area (Å²) in [5.41, 5.74) is 1.28. The lowest BCUT2D eigenvalue weighted by atomic mass is 10.2. The van der Waals surface area contributed by atoms with Crippen LogP contribution in [-0.4, -0.2) is 6.54 Å². The Morgan fingerprint density at radius 2 is 2.00 bits per heavy atom. The minimum Gasteiger partial charge on any atom is -0.469 e. The lowest BCUT2D eigenvalue weighted by Crippen LogP contribution is -2.16. The molecule has 0 aliphatic heterocycles. The second-order valence-electron chi connectivity index (χ2n) is 3.60. The third-order valence-electron chi connectivity index (χ3n) is 2.40. The highest BCUT2D eigenvalue weighted by Gasteiger charge is 1.98. The fourth-order valence-corrected chi connectivity index (χ4v) is 1.96. The second-order valence-corrected chi connectivity index (χ2v) is 4.45. The van der Waals surface area contributed by atoms with Crippen molar-refractivity contribution in [2.75, 3.05) is 6.54 Å². The highest BCUT2D eigenvalue weighted by molar-refractivity contribution is 9.10. The molecule has 2 aromatic rings. The van der Waals surface area contributed by atoms with Crippen LogP contribution in [0, 0.1) is 0 Å². The maximum atomic E-state index is 5.26. The van der Waals surface area contributed by atoms with Gasteiger partial charge in [-0.15, -0.1) is 0 Å². The van der Waals surface area contributed by atoms with Crippen molar-refractivity contribution in [3.8, 4) is 0 Å². The number of nitrogens with one attached hydrogen (secondary N) is 1. The molecule has 0 atom stereocenters. The van der Waals surface area contributed by atoms with E-state index in [0.29, 0.717) is 0 Å². The maximum Gasteiger partial charge on any atom is 0.105 e. The molecule has 0 saturated heterocycles. The molecule has 3 heteroatoms. The van der Waals surface area contributed by atoms with Crippen LogP contribution in [-0.2, 0) is 13.0 Å². The van der Waals surface area contributed by atoms with Gasteiger partial charge in [0, 0.05) is 24.0 Å². The van der Waals surface area contributed by atoms with E-state index in [0.717, 1.165) is 29.7 Å². The number of benzene rings is 1. The zero-order valence-corrected chi connectivity index (χ0v) is 10.5. The summed E-state index contributed by atoms with van der Waals surface area (Å²) in [6.45, 7) is 1.80.